The molecule has 0 aromatic heterocycles. The van der Waals surface area contributed by atoms with Gasteiger partial charge in [-0.25, -0.2) is 0 Å². The van der Waals surface area contributed by atoms with Gasteiger partial charge in [-0.15, -0.1) is 6.58 Å². The fourth-order valence-corrected chi connectivity index (χ4v) is 1.38. The summed E-state index contributed by atoms with van der Waals surface area (Å²) in [6, 6.07) is 0. The molecule has 1 fully saturated rings. The van der Waals surface area contributed by atoms with E-state index in [2.05, 4.69) is 11.7 Å². The molecule has 0 N–H and O–H groups in total. The van der Waals surface area contributed by atoms with Crippen molar-refractivity contribution in [2.24, 2.45) is 5.16 Å². The van der Waals surface area contributed by atoms with Gasteiger partial charge in [-0.2, -0.15) is 0 Å². The molecular formula is C9H15NO2. The summed E-state index contributed by atoms with van der Waals surface area (Å²) in [5, 5.41) is 3.92. The van der Waals surface area contributed by atoms with Crippen molar-refractivity contribution in [3.8, 4) is 0 Å². The van der Waals surface area contributed by atoms with Crippen LogP contribution in [0.5, 0.6) is 0 Å². The fourth-order valence-electron chi connectivity index (χ4n) is 1.38. The topological polar surface area (TPSA) is 30.8 Å². The van der Waals surface area contributed by atoms with E-state index in [1.807, 2.05) is 6.92 Å². The second-order valence-corrected chi connectivity index (χ2v) is 2.97. The lowest BCUT2D eigenvalue weighted by molar-refractivity contribution is 0.0179. The highest BCUT2D eigenvalue weighted by molar-refractivity contribution is 5.85. The van der Waals surface area contributed by atoms with Gasteiger partial charge in [0.15, 0.2) is 0 Å². The van der Waals surface area contributed by atoms with Crippen LogP contribution in [0.1, 0.15) is 19.8 Å². The SMILES string of the molecule is C=C[C@H]1C/C(=N/OC)C[C@@H](C)O1. The largest absolute Gasteiger partial charge is 0.399 e. The molecule has 1 aliphatic rings. The van der Waals surface area contributed by atoms with Gasteiger partial charge in [0, 0.05) is 12.8 Å². The van der Waals surface area contributed by atoms with Crippen molar-refractivity contribution in [2.45, 2.75) is 32.0 Å². The van der Waals surface area contributed by atoms with E-state index in [1.165, 1.54) is 0 Å². The van der Waals surface area contributed by atoms with E-state index in [0.717, 1.165) is 18.6 Å². The van der Waals surface area contributed by atoms with Crippen LogP contribution >= 0.6 is 0 Å². The van der Waals surface area contributed by atoms with Crippen molar-refractivity contribution in [2.75, 3.05) is 7.11 Å². The average Bonchev–Trinajstić information content (AvgIpc) is 2.04. The van der Waals surface area contributed by atoms with Crippen LogP contribution in [0.4, 0.5) is 0 Å². The van der Waals surface area contributed by atoms with Crippen molar-refractivity contribution >= 4 is 5.71 Å². The number of nitrogens with zero attached hydrogens (tertiary/aromatic N) is 1. The molecule has 0 aliphatic carbocycles. The summed E-state index contributed by atoms with van der Waals surface area (Å²) in [6.45, 7) is 5.72. The first-order valence-electron chi connectivity index (χ1n) is 4.13. The molecule has 12 heavy (non-hydrogen) atoms. The highest BCUT2D eigenvalue weighted by Crippen LogP contribution is 2.17. The number of rotatable bonds is 2. The predicted molar refractivity (Wildman–Crippen MR) is 48.2 cm³/mol. The summed E-state index contributed by atoms with van der Waals surface area (Å²) in [5.41, 5.74) is 1.06. The molecule has 0 unspecified atom stereocenters. The Morgan fingerprint density at radius 3 is 3.00 bits per heavy atom. The van der Waals surface area contributed by atoms with Crippen molar-refractivity contribution in [1.29, 1.82) is 0 Å². The van der Waals surface area contributed by atoms with Gasteiger partial charge in [0.05, 0.1) is 17.9 Å². The Morgan fingerprint density at radius 2 is 2.42 bits per heavy atom. The maximum atomic E-state index is 5.56. The maximum Gasteiger partial charge on any atom is 0.106 e. The van der Waals surface area contributed by atoms with E-state index >= 15 is 0 Å². The van der Waals surface area contributed by atoms with Crippen LogP contribution in [0.15, 0.2) is 17.8 Å². The predicted octanol–water partition coefficient (Wildman–Crippen LogP) is 1.74. The highest BCUT2D eigenvalue weighted by Gasteiger charge is 2.21. The lowest BCUT2D eigenvalue weighted by Crippen LogP contribution is -2.30. The molecule has 0 bridgehead atoms. The van der Waals surface area contributed by atoms with Gasteiger partial charge in [-0.1, -0.05) is 11.2 Å². The highest BCUT2D eigenvalue weighted by atomic mass is 16.6. The normalized spacial score (nSPS) is 33.3. The van der Waals surface area contributed by atoms with Gasteiger partial charge >= 0.3 is 0 Å². The van der Waals surface area contributed by atoms with E-state index in [4.69, 9.17) is 9.57 Å². The standard InChI is InChI=1S/C9H15NO2/c1-4-9-6-8(10-11-3)5-7(2)12-9/h4,7,9H,1,5-6H2,2-3H3/b10-8+/t7-,9+/m1/s1. The molecule has 1 rings (SSSR count). The molecule has 0 spiro atoms. The molecule has 3 nitrogen and oxygen atoms in total. The van der Waals surface area contributed by atoms with Gasteiger partial charge in [0.1, 0.15) is 7.11 Å². The molecule has 1 saturated heterocycles. The number of oxime groups is 1. The second-order valence-electron chi connectivity index (χ2n) is 2.97. The summed E-state index contributed by atoms with van der Waals surface area (Å²) in [6.07, 6.45) is 3.79. The first kappa shape index (κ1) is 9.26. The van der Waals surface area contributed by atoms with E-state index in [1.54, 1.807) is 13.2 Å². The Hall–Kier alpha value is -0.830. The van der Waals surface area contributed by atoms with Crippen LogP contribution in [0, 0.1) is 0 Å². The Morgan fingerprint density at radius 1 is 1.67 bits per heavy atom. The zero-order valence-electron chi connectivity index (χ0n) is 7.62. The molecule has 0 aromatic carbocycles. The number of hydrogen-bond donors (Lipinski definition) is 0. The molecule has 1 heterocycles. The van der Waals surface area contributed by atoms with Crippen LogP contribution in [-0.2, 0) is 9.57 Å². The monoisotopic (exact) mass is 169 g/mol. The summed E-state index contributed by atoms with van der Waals surface area (Å²) in [5.74, 6) is 0. The summed E-state index contributed by atoms with van der Waals surface area (Å²) >= 11 is 0. The molecule has 68 valence electrons. The number of hydrogen-bond acceptors (Lipinski definition) is 3. The molecule has 0 saturated carbocycles. The van der Waals surface area contributed by atoms with Crippen LogP contribution in [-0.4, -0.2) is 25.0 Å². The van der Waals surface area contributed by atoms with Crippen LogP contribution in [0.25, 0.3) is 0 Å². The van der Waals surface area contributed by atoms with Gasteiger partial charge in [-0.3, -0.25) is 0 Å². The van der Waals surface area contributed by atoms with Crippen molar-refractivity contribution in [1.82, 2.24) is 0 Å². The van der Waals surface area contributed by atoms with Gasteiger partial charge < -0.3 is 9.57 Å². The quantitative estimate of drug-likeness (QED) is 0.465. The molecule has 3 heteroatoms. The third kappa shape index (κ3) is 2.34. The molecular weight excluding hydrogens is 154 g/mol. The minimum absolute atomic E-state index is 0.0997. The Balaban J connectivity index is 2.56. The first-order valence-corrected chi connectivity index (χ1v) is 4.13. The molecule has 0 radical (unpaired) electrons. The van der Waals surface area contributed by atoms with Crippen molar-refractivity contribution < 1.29 is 9.57 Å². The van der Waals surface area contributed by atoms with E-state index in [0.29, 0.717) is 0 Å². The molecule has 0 amide bonds. The van der Waals surface area contributed by atoms with E-state index in [9.17, 15) is 0 Å². The van der Waals surface area contributed by atoms with Crippen LogP contribution in [0.2, 0.25) is 0 Å². The summed E-state index contributed by atoms with van der Waals surface area (Å²) in [7, 11) is 1.57. The van der Waals surface area contributed by atoms with Crippen molar-refractivity contribution in [3.05, 3.63) is 12.7 Å². The van der Waals surface area contributed by atoms with E-state index in [-0.39, 0.29) is 12.2 Å². The maximum absolute atomic E-state index is 5.56. The minimum atomic E-state index is 0.0997. The summed E-state index contributed by atoms with van der Waals surface area (Å²) in [4.78, 5) is 4.72. The Bertz CT molecular complexity index is 189. The van der Waals surface area contributed by atoms with Gasteiger partial charge in [0.25, 0.3) is 0 Å². The smallest absolute Gasteiger partial charge is 0.106 e. The van der Waals surface area contributed by atoms with E-state index < -0.39 is 0 Å². The average molecular weight is 169 g/mol. The minimum Gasteiger partial charge on any atom is -0.399 e. The Kier molecular flexibility index (Phi) is 3.29. The lowest BCUT2D eigenvalue weighted by atomic mass is 10.0. The summed E-state index contributed by atoms with van der Waals surface area (Å²) < 4.78 is 5.56. The van der Waals surface area contributed by atoms with Crippen LogP contribution in [0.3, 0.4) is 0 Å². The zero-order valence-corrected chi connectivity index (χ0v) is 7.62. The molecule has 2 atom stereocenters. The van der Waals surface area contributed by atoms with Crippen molar-refractivity contribution in [3.63, 3.8) is 0 Å². The first-order chi connectivity index (χ1) is 5.76. The van der Waals surface area contributed by atoms with Gasteiger partial charge in [-0.05, 0) is 6.92 Å². The third-order valence-corrected chi connectivity index (χ3v) is 1.85. The fraction of sp³-hybridized carbons (Fsp3) is 0.667. The molecule has 1 aliphatic heterocycles. The second kappa shape index (κ2) is 4.26. The number of ether oxygens (including phenoxy) is 1. The van der Waals surface area contributed by atoms with Gasteiger partial charge in [0.2, 0.25) is 0 Å². The Labute approximate surface area is 73.0 Å². The molecule has 0 aromatic rings. The lowest BCUT2D eigenvalue weighted by Gasteiger charge is -2.26. The van der Waals surface area contributed by atoms with Crippen LogP contribution < -0.4 is 0 Å². The zero-order chi connectivity index (χ0) is 8.97. The third-order valence-electron chi connectivity index (χ3n) is 1.85.